The van der Waals surface area contributed by atoms with E-state index in [0.29, 0.717) is 26.2 Å². The van der Waals surface area contributed by atoms with Crippen molar-refractivity contribution in [3.05, 3.63) is 90.6 Å². The van der Waals surface area contributed by atoms with Gasteiger partial charge in [0.2, 0.25) is 0 Å². The molecule has 8 nitrogen and oxygen atoms in total. The molecular weight excluding hydrogens is 440 g/mol. The summed E-state index contributed by atoms with van der Waals surface area (Å²) in [6, 6.07) is 14.4. The van der Waals surface area contributed by atoms with E-state index in [9.17, 15) is 19.7 Å². The third kappa shape index (κ3) is 5.53. The summed E-state index contributed by atoms with van der Waals surface area (Å²) in [5.74, 6) is -0.725. The quantitative estimate of drug-likeness (QED) is 0.307. The molecule has 0 bridgehead atoms. The molecule has 1 heterocycles. The second-order valence-electron chi connectivity index (χ2n) is 6.53. The zero-order valence-electron chi connectivity index (χ0n) is 16.5. The molecule has 3 rings (SSSR count). The van der Waals surface area contributed by atoms with Crippen molar-refractivity contribution < 1.29 is 14.5 Å². The number of halogens is 1. The summed E-state index contributed by atoms with van der Waals surface area (Å²) >= 11 is 7.04. The number of aryl methyl sites for hydroxylation is 1. The van der Waals surface area contributed by atoms with E-state index in [1.54, 1.807) is 50.2 Å². The molecule has 0 fully saturated rings. The fourth-order valence-corrected chi connectivity index (χ4v) is 3.63. The van der Waals surface area contributed by atoms with E-state index in [4.69, 9.17) is 11.6 Å². The molecular formula is C21H17ClN4O4S. The number of hydrazone groups is 1. The molecule has 2 N–H and O–H groups in total. The van der Waals surface area contributed by atoms with Gasteiger partial charge in [-0.2, -0.15) is 5.10 Å². The van der Waals surface area contributed by atoms with Crippen molar-refractivity contribution in [1.82, 2.24) is 5.43 Å². The Morgan fingerprint density at radius 1 is 1.03 bits per heavy atom. The highest BCUT2D eigenvalue weighted by Crippen LogP contribution is 2.22. The van der Waals surface area contributed by atoms with Crippen LogP contribution in [0.5, 0.6) is 0 Å². The van der Waals surface area contributed by atoms with Gasteiger partial charge in [0.25, 0.3) is 17.5 Å². The number of rotatable bonds is 6. The lowest BCUT2D eigenvalue weighted by Crippen LogP contribution is -2.19. The Bertz CT molecular complexity index is 1190. The predicted molar refractivity (Wildman–Crippen MR) is 121 cm³/mol. The Labute approximate surface area is 186 Å². The predicted octanol–water partition coefficient (Wildman–Crippen LogP) is 5.02. The number of carbonyl (C=O) groups is 2. The highest BCUT2D eigenvalue weighted by Gasteiger charge is 2.14. The van der Waals surface area contributed by atoms with E-state index in [1.165, 1.54) is 29.5 Å². The lowest BCUT2D eigenvalue weighted by Gasteiger charge is -2.06. The van der Waals surface area contributed by atoms with Gasteiger partial charge in [0.15, 0.2) is 0 Å². The number of hydrogen-bond acceptors (Lipinski definition) is 6. The van der Waals surface area contributed by atoms with E-state index in [1.807, 2.05) is 0 Å². The van der Waals surface area contributed by atoms with Gasteiger partial charge < -0.3 is 5.32 Å². The number of nitro groups is 1. The molecule has 3 aromatic rings. The third-order valence-corrected chi connectivity index (χ3v) is 5.57. The molecule has 31 heavy (non-hydrogen) atoms. The minimum atomic E-state index is -0.499. The van der Waals surface area contributed by atoms with Gasteiger partial charge in [0.1, 0.15) is 0 Å². The lowest BCUT2D eigenvalue weighted by molar-refractivity contribution is -0.385. The molecule has 10 heteroatoms. The molecule has 2 amide bonds. The molecule has 0 aliphatic heterocycles. The van der Waals surface area contributed by atoms with Crippen LogP contribution in [0.2, 0.25) is 4.34 Å². The molecule has 2 aromatic carbocycles. The maximum atomic E-state index is 12.3. The largest absolute Gasteiger partial charge is 0.321 e. The van der Waals surface area contributed by atoms with E-state index < -0.39 is 10.8 Å². The molecule has 0 spiro atoms. The number of thiophene rings is 1. The Balaban J connectivity index is 1.63. The number of amides is 2. The van der Waals surface area contributed by atoms with Gasteiger partial charge in [-0.1, -0.05) is 23.7 Å². The summed E-state index contributed by atoms with van der Waals surface area (Å²) in [7, 11) is 0. The molecule has 0 aliphatic rings. The van der Waals surface area contributed by atoms with Crippen LogP contribution < -0.4 is 10.7 Å². The van der Waals surface area contributed by atoms with E-state index in [0.717, 1.165) is 5.56 Å². The lowest BCUT2D eigenvalue weighted by atomic mass is 10.1. The molecule has 0 aliphatic carbocycles. The first-order valence-electron chi connectivity index (χ1n) is 9.01. The summed E-state index contributed by atoms with van der Waals surface area (Å²) in [5, 5.41) is 17.8. The Morgan fingerprint density at radius 2 is 1.71 bits per heavy atom. The first-order chi connectivity index (χ1) is 14.7. The SMILES string of the molecule is CC(=NNC(=O)c1ccc([N+](=O)[O-])c(C)c1)c1ccc(NC(=O)c2ccc(Cl)s2)cc1. The minimum Gasteiger partial charge on any atom is -0.321 e. The van der Waals surface area contributed by atoms with E-state index >= 15 is 0 Å². The van der Waals surface area contributed by atoms with Crippen LogP contribution in [0.1, 0.15) is 38.1 Å². The number of benzene rings is 2. The van der Waals surface area contributed by atoms with Crippen molar-refractivity contribution in [3.63, 3.8) is 0 Å². The second-order valence-corrected chi connectivity index (χ2v) is 8.25. The maximum Gasteiger partial charge on any atom is 0.272 e. The normalized spacial score (nSPS) is 11.1. The maximum absolute atomic E-state index is 12.3. The molecule has 0 radical (unpaired) electrons. The molecule has 1 aromatic heterocycles. The van der Waals surface area contributed by atoms with E-state index in [2.05, 4.69) is 15.8 Å². The smallest absolute Gasteiger partial charge is 0.272 e. The van der Waals surface area contributed by atoms with Crippen molar-refractivity contribution in [2.24, 2.45) is 5.10 Å². The number of carbonyl (C=O) groups excluding carboxylic acids is 2. The topological polar surface area (TPSA) is 114 Å². The number of nitrogens with zero attached hydrogens (tertiary/aromatic N) is 2. The number of anilines is 1. The number of hydrogen-bond donors (Lipinski definition) is 2. The van der Waals surface area contributed by atoms with Gasteiger partial charge in [-0.25, -0.2) is 5.43 Å². The van der Waals surface area contributed by atoms with Gasteiger partial charge in [0, 0.05) is 22.9 Å². The first-order valence-corrected chi connectivity index (χ1v) is 10.2. The zero-order chi connectivity index (χ0) is 22.5. The fourth-order valence-electron chi connectivity index (χ4n) is 2.69. The standard InChI is InChI=1S/C21H17ClN4O4S/c1-12-11-15(5-8-17(12)26(29)30)20(27)25-24-13(2)14-3-6-16(7-4-14)23-21(28)18-9-10-19(22)31-18/h3-11H,1-2H3,(H,23,28)(H,25,27). The highest BCUT2D eigenvalue weighted by atomic mass is 35.5. The Hall–Kier alpha value is -3.56. The zero-order valence-corrected chi connectivity index (χ0v) is 18.1. The van der Waals surface area contributed by atoms with Crippen LogP contribution in [0.4, 0.5) is 11.4 Å². The van der Waals surface area contributed by atoms with Gasteiger partial charge in [-0.15, -0.1) is 11.3 Å². The Morgan fingerprint density at radius 3 is 2.29 bits per heavy atom. The molecule has 0 saturated carbocycles. The van der Waals surface area contributed by atoms with Crippen molar-refractivity contribution >= 4 is 51.8 Å². The average Bonchev–Trinajstić information content (AvgIpc) is 3.18. The number of nitrogens with one attached hydrogen (secondary N) is 2. The van der Waals surface area contributed by atoms with Crippen molar-refractivity contribution in [2.45, 2.75) is 13.8 Å². The summed E-state index contributed by atoms with van der Waals surface area (Å²) in [6.45, 7) is 3.29. The monoisotopic (exact) mass is 456 g/mol. The van der Waals surface area contributed by atoms with Crippen LogP contribution in [-0.2, 0) is 0 Å². The minimum absolute atomic E-state index is 0.0504. The van der Waals surface area contributed by atoms with Crippen LogP contribution in [-0.4, -0.2) is 22.4 Å². The van der Waals surface area contributed by atoms with Crippen molar-refractivity contribution in [3.8, 4) is 0 Å². The number of nitro benzene ring substituents is 1. The van der Waals surface area contributed by atoms with Crippen LogP contribution in [0.3, 0.4) is 0 Å². The molecule has 0 atom stereocenters. The van der Waals surface area contributed by atoms with E-state index in [-0.39, 0.29) is 17.2 Å². The van der Waals surface area contributed by atoms with Crippen LogP contribution >= 0.6 is 22.9 Å². The average molecular weight is 457 g/mol. The molecule has 0 saturated heterocycles. The third-order valence-electron chi connectivity index (χ3n) is 4.34. The molecule has 0 unspecified atom stereocenters. The van der Waals surface area contributed by atoms with Crippen molar-refractivity contribution in [2.75, 3.05) is 5.32 Å². The summed E-state index contributed by atoms with van der Waals surface area (Å²) in [4.78, 5) is 35.4. The van der Waals surface area contributed by atoms with Gasteiger partial charge in [0.05, 0.1) is 19.8 Å². The summed E-state index contributed by atoms with van der Waals surface area (Å²) in [5.41, 5.74) is 4.96. The highest BCUT2D eigenvalue weighted by molar-refractivity contribution is 7.18. The summed E-state index contributed by atoms with van der Waals surface area (Å²) in [6.07, 6.45) is 0. The first kappa shape index (κ1) is 22.1. The van der Waals surface area contributed by atoms with Gasteiger partial charge in [-0.3, -0.25) is 19.7 Å². The second kappa shape index (κ2) is 9.50. The summed E-state index contributed by atoms with van der Waals surface area (Å²) < 4.78 is 0.540. The van der Waals surface area contributed by atoms with Gasteiger partial charge in [-0.05, 0) is 55.8 Å². The van der Waals surface area contributed by atoms with Crippen molar-refractivity contribution in [1.29, 1.82) is 0 Å². The van der Waals surface area contributed by atoms with Gasteiger partial charge >= 0.3 is 0 Å². The van der Waals surface area contributed by atoms with Crippen LogP contribution in [0.15, 0.2) is 59.7 Å². The fraction of sp³-hybridized carbons (Fsp3) is 0.0952. The van der Waals surface area contributed by atoms with Crippen LogP contribution in [0, 0.1) is 17.0 Å². The molecule has 158 valence electrons. The van der Waals surface area contributed by atoms with Crippen LogP contribution in [0.25, 0.3) is 0 Å². The Kier molecular flexibility index (Phi) is 6.78.